The van der Waals surface area contributed by atoms with Crippen molar-refractivity contribution in [3.8, 4) is 0 Å². The molecule has 0 fully saturated rings. The van der Waals surface area contributed by atoms with Gasteiger partial charge in [0, 0.05) is 20.5 Å². The fourth-order valence-electron chi connectivity index (χ4n) is 1.78. The summed E-state index contributed by atoms with van der Waals surface area (Å²) in [6.45, 7) is 1.05. The predicted octanol–water partition coefficient (Wildman–Crippen LogP) is 1.01. The van der Waals surface area contributed by atoms with E-state index in [1.165, 1.54) is 0 Å². The Hall–Kier alpha value is -2.08. The van der Waals surface area contributed by atoms with Gasteiger partial charge in [-0.15, -0.1) is 0 Å². The molecule has 1 aromatic carbocycles. The number of amides is 2. The van der Waals surface area contributed by atoms with Crippen molar-refractivity contribution >= 4 is 23.2 Å². The zero-order valence-electron chi connectivity index (χ0n) is 12.9. The second kappa shape index (κ2) is 8.26. The minimum absolute atomic E-state index is 0.0546. The predicted molar refractivity (Wildman–Crippen MR) is 84.9 cm³/mol. The lowest BCUT2D eigenvalue weighted by Gasteiger charge is -2.18. The highest BCUT2D eigenvalue weighted by atomic mass is 16.2. The van der Waals surface area contributed by atoms with Crippen molar-refractivity contribution in [3.63, 3.8) is 0 Å². The molecule has 0 unspecified atom stereocenters. The maximum absolute atomic E-state index is 11.8. The molecule has 21 heavy (non-hydrogen) atoms. The molecule has 116 valence electrons. The van der Waals surface area contributed by atoms with Crippen LogP contribution in [0.25, 0.3) is 0 Å². The third kappa shape index (κ3) is 6.27. The lowest BCUT2D eigenvalue weighted by atomic mass is 10.2. The molecule has 0 bridgehead atoms. The van der Waals surface area contributed by atoms with Crippen LogP contribution in [0.2, 0.25) is 0 Å². The van der Waals surface area contributed by atoms with Crippen LogP contribution in [-0.4, -0.2) is 55.8 Å². The van der Waals surface area contributed by atoms with Crippen LogP contribution in [0.5, 0.6) is 0 Å². The van der Waals surface area contributed by atoms with E-state index in [2.05, 4.69) is 5.32 Å². The molecule has 0 radical (unpaired) electrons. The van der Waals surface area contributed by atoms with Gasteiger partial charge >= 0.3 is 0 Å². The van der Waals surface area contributed by atoms with Gasteiger partial charge in [-0.3, -0.25) is 14.5 Å². The summed E-state index contributed by atoms with van der Waals surface area (Å²) in [5.74, 6) is -0.0146. The first kappa shape index (κ1) is 17.0. The van der Waals surface area contributed by atoms with Crippen LogP contribution >= 0.6 is 0 Å². The highest BCUT2D eigenvalue weighted by Crippen LogP contribution is 2.16. The number of nitrogens with zero attached hydrogens (tertiary/aromatic N) is 2. The van der Waals surface area contributed by atoms with E-state index in [-0.39, 0.29) is 11.8 Å². The smallest absolute Gasteiger partial charge is 0.236 e. The Morgan fingerprint density at radius 3 is 2.48 bits per heavy atom. The van der Waals surface area contributed by atoms with E-state index in [0.29, 0.717) is 37.3 Å². The molecule has 0 aromatic heterocycles. The lowest BCUT2D eigenvalue weighted by Crippen LogP contribution is -2.35. The standard InChI is InChI=1S/C15H24N4O2/c1-18(2)15(21)11-19(3)10-6-9-14(20)17-13-8-5-4-7-12(13)16/h4-5,7-8H,6,9-11,16H2,1-3H3,(H,17,20). The minimum Gasteiger partial charge on any atom is -0.397 e. The summed E-state index contributed by atoms with van der Waals surface area (Å²) >= 11 is 0. The number of para-hydroxylation sites is 2. The number of carbonyl (C=O) groups is 2. The van der Waals surface area contributed by atoms with Crippen molar-refractivity contribution in [2.24, 2.45) is 0 Å². The van der Waals surface area contributed by atoms with Gasteiger partial charge in [0.15, 0.2) is 0 Å². The highest BCUT2D eigenvalue weighted by molar-refractivity contribution is 5.93. The van der Waals surface area contributed by atoms with Gasteiger partial charge in [0.25, 0.3) is 0 Å². The SMILES string of the molecule is CN(CCCC(=O)Nc1ccccc1N)CC(=O)N(C)C. The van der Waals surface area contributed by atoms with E-state index in [1.807, 2.05) is 24.1 Å². The molecule has 6 nitrogen and oxygen atoms in total. The number of nitrogen functional groups attached to an aromatic ring is 1. The Morgan fingerprint density at radius 1 is 1.19 bits per heavy atom. The molecule has 6 heteroatoms. The second-order valence-corrected chi connectivity index (χ2v) is 5.26. The first-order chi connectivity index (χ1) is 9.90. The Kier molecular flexibility index (Phi) is 6.68. The normalized spacial score (nSPS) is 10.5. The van der Waals surface area contributed by atoms with Crippen LogP contribution in [0.4, 0.5) is 11.4 Å². The number of rotatable bonds is 7. The first-order valence-electron chi connectivity index (χ1n) is 6.93. The number of anilines is 2. The van der Waals surface area contributed by atoms with Crippen LogP contribution in [0, 0.1) is 0 Å². The zero-order valence-corrected chi connectivity index (χ0v) is 12.9. The van der Waals surface area contributed by atoms with E-state index in [9.17, 15) is 9.59 Å². The van der Waals surface area contributed by atoms with Gasteiger partial charge in [0.05, 0.1) is 17.9 Å². The summed E-state index contributed by atoms with van der Waals surface area (Å²) in [5, 5.41) is 2.79. The summed E-state index contributed by atoms with van der Waals surface area (Å²) in [5.41, 5.74) is 6.96. The van der Waals surface area contributed by atoms with Gasteiger partial charge < -0.3 is 16.0 Å². The molecule has 0 atom stereocenters. The molecule has 3 N–H and O–H groups in total. The van der Waals surface area contributed by atoms with Gasteiger partial charge in [-0.2, -0.15) is 0 Å². The molecule has 0 aliphatic heterocycles. The maximum atomic E-state index is 11.8. The average molecular weight is 292 g/mol. The number of carbonyl (C=O) groups excluding carboxylic acids is 2. The molecule has 1 rings (SSSR count). The van der Waals surface area contributed by atoms with Crippen LogP contribution < -0.4 is 11.1 Å². The van der Waals surface area contributed by atoms with E-state index >= 15 is 0 Å². The van der Waals surface area contributed by atoms with Gasteiger partial charge in [-0.05, 0) is 32.1 Å². The second-order valence-electron chi connectivity index (χ2n) is 5.26. The van der Waals surface area contributed by atoms with Gasteiger partial charge in [-0.25, -0.2) is 0 Å². The largest absolute Gasteiger partial charge is 0.397 e. The van der Waals surface area contributed by atoms with Crippen molar-refractivity contribution < 1.29 is 9.59 Å². The monoisotopic (exact) mass is 292 g/mol. The molecule has 0 aliphatic rings. The Bertz CT molecular complexity index is 488. The average Bonchev–Trinajstić information content (AvgIpc) is 2.41. The highest BCUT2D eigenvalue weighted by Gasteiger charge is 2.09. The third-order valence-electron chi connectivity index (χ3n) is 3.08. The fraction of sp³-hybridized carbons (Fsp3) is 0.467. The van der Waals surface area contributed by atoms with Crippen molar-refractivity contribution in [1.29, 1.82) is 0 Å². The molecule has 0 saturated heterocycles. The van der Waals surface area contributed by atoms with Gasteiger partial charge in [0.1, 0.15) is 0 Å². The topological polar surface area (TPSA) is 78.7 Å². The van der Waals surface area contributed by atoms with E-state index in [4.69, 9.17) is 5.73 Å². The minimum atomic E-state index is -0.0692. The van der Waals surface area contributed by atoms with Crippen LogP contribution in [0.3, 0.4) is 0 Å². The third-order valence-corrected chi connectivity index (χ3v) is 3.08. The van der Waals surface area contributed by atoms with Crippen molar-refractivity contribution in [2.75, 3.05) is 45.3 Å². The molecule has 1 aromatic rings. The van der Waals surface area contributed by atoms with Gasteiger partial charge in [0.2, 0.25) is 11.8 Å². The number of nitrogens with two attached hydrogens (primary N) is 1. The molecule has 2 amide bonds. The first-order valence-corrected chi connectivity index (χ1v) is 6.93. The molecule has 0 aliphatic carbocycles. The summed E-state index contributed by atoms with van der Waals surface area (Å²) in [4.78, 5) is 26.8. The summed E-state index contributed by atoms with van der Waals surface area (Å²) in [6, 6.07) is 7.17. The van der Waals surface area contributed by atoms with Crippen LogP contribution in [0.15, 0.2) is 24.3 Å². The number of hydrogen-bond acceptors (Lipinski definition) is 4. The number of nitrogens with one attached hydrogen (secondary N) is 1. The van der Waals surface area contributed by atoms with E-state index in [0.717, 1.165) is 0 Å². The zero-order chi connectivity index (χ0) is 15.8. The molecular formula is C15H24N4O2. The van der Waals surface area contributed by atoms with Gasteiger partial charge in [-0.1, -0.05) is 12.1 Å². The Balaban J connectivity index is 2.28. The molecular weight excluding hydrogens is 268 g/mol. The maximum Gasteiger partial charge on any atom is 0.236 e. The Morgan fingerprint density at radius 2 is 1.86 bits per heavy atom. The lowest BCUT2D eigenvalue weighted by molar-refractivity contribution is -0.129. The summed E-state index contributed by atoms with van der Waals surface area (Å²) < 4.78 is 0. The number of likely N-dealkylation sites (N-methyl/N-ethyl adjacent to an activating group) is 2. The van der Waals surface area contributed by atoms with Crippen LogP contribution in [0.1, 0.15) is 12.8 Å². The molecule has 0 saturated carbocycles. The summed E-state index contributed by atoms with van der Waals surface area (Å²) in [7, 11) is 5.33. The fourth-order valence-corrected chi connectivity index (χ4v) is 1.78. The Labute approximate surface area is 125 Å². The number of benzene rings is 1. The van der Waals surface area contributed by atoms with E-state index in [1.54, 1.807) is 31.1 Å². The van der Waals surface area contributed by atoms with Crippen LogP contribution in [-0.2, 0) is 9.59 Å². The van der Waals surface area contributed by atoms with Crippen molar-refractivity contribution in [3.05, 3.63) is 24.3 Å². The van der Waals surface area contributed by atoms with E-state index < -0.39 is 0 Å². The summed E-state index contributed by atoms with van der Waals surface area (Å²) in [6.07, 6.45) is 1.09. The van der Waals surface area contributed by atoms with Crippen molar-refractivity contribution in [2.45, 2.75) is 12.8 Å². The quantitative estimate of drug-likeness (QED) is 0.735. The number of hydrogen-bond donors (Lipinski definition) is 2. The molecule has 0 spiro atoms. The molecule has 0 heterocycles. The van der Waals surface area contributed by atoms with Crippen molar-refractivity contribution in [1.82, 2.24) is 9.80 Å².